The number of alkyl halides is 1. The van der Waals surface area contributed by atoms with E-state index in [9.17, 15) is 14.7 Å². The molecule has 0 aliphatic rings. The fourth-order valence-electron chi connectivity index (χ4n) is 1.61. The van der Waals surface area contributed by atoms with Gasteiger partial charge in [-0.1, -0.05) is 34.1 Å². The summed E-state index contributed by atoms with van der Waals surface area (Å²) in [7, 11) is 0. The van der Waals surface area contributed by atoms with Crippen LogP contribution in [0.15, 0.2) is 18.2 Å². The molecule has 2 N–H and O–H groups in total. The number of aliphatic carboxylic acids is 1. The molecular weight excluding hydrogens is 288 g/mol. The molecular formula is C12H13BrO4. The number of aliphatic hydroxyl groups is 1. The molecule has 1 rings (SSSR count). The number of halogens is 1. The van der Waals surface area contributed by atoms with Crippen molar-refractivity contribution in [2.24, 2.45) is 0 Å². The van der Waals surface area contributed by atoms with Crippen LogP contribution in [0.2, 0.25) is 0 Å². The quantitative estimate of drug-likeness (QED) is 0.642. The lowest BCUT2D eigenvalue weighted by Gasteiger charge is -2.12. The van der Waals surface area contributed by atoms with E-state index in [0.717, 1.165) is 0 Å². The van der Waals surface area contributed by atoms with E-state index in [1.165, 1.54) is 0 Å². The molecule has 0 spiro atoms. The SMILES string of the molecule is CC(Br)C(=O)c1c(CO)cccc1CC(=O)O. The smallest absolute Gasteiger partial charge is 0.307 e. The highest BCUT2D eigenvalue weighted by atomic mass is 79.9. The number of ketones is 1. The zero-order chi connectivity index (χ0) is 13.0. The van der Waals surface area contributed by atoms with E-state index < -0.39 is 10.8 Å². The highest BCUT2D eigenvalue weighted by Gasteiger charge is 2.20. The van der Waals surface area contributed by atoms with Crippen LogP contribution in [0.1, 0.15) is 28.4 Å². The monoisotopic (exact) mass is 300 g/mol. The molecule has 0 aliphatic heterocycles. The van der Waals surface area contributed by atoms with E-state index >= 15 is 0 Å². The molecule has 92 valence electrons. The van der Waals surface area contributed by atoms with E-state index in [1.807, 2.05) is 0 Å². The maximum Gasteiger partial charge on any atom is 0.307 e. The Kier molecular flexibility index (Phi) is 4.84. The number of carbonyl (C=O) groups excluding carboxylic acids is 1. The van der Waals surface area contributed by atoms with Crippen molar-refractivity contribution in [2.75, 3.05) is 0 Å². The Morgan fingerprint density at radius 1 is 1.35 bits per heavy atom. The summed E-state index contributed by atoms with van der Waals surface area (Å²) in [5, 5.41) is 18.0. The Morgan fingerprint density at radius 2 is 1.94 bits per heavy atom. The zero-order valence-corrected chi connectivity index (χ0v) is 10.9. The maximum atomic E-state index is 12.0. The van der Waals surface area contributed by atoms with Crippen molar-refractivity contribution in [1.29, 1.82) is 0 Å². The molecule has 1 aromatic rings. The number of aliphatic hydroxyl groups excluding tert-OH is 1. The summed E-state index contributed by atoms with van der Waals surface area (Å²) < 4.78 is 0. The standard InChI is InChI=1S/C12H13BrO4/c1-7(13)12(17)11-8(5-10(15)16)3-2-4-9(11)6-14/h2-4,7,14H,5-6H2,1H3,(H,15,16). The third kappa shape index (κ3) is 3.38. The van der Waals surface area contributed by atoms with Gasteiger partial charge in [0.1, 0.15) is 0 Å². The van der Waals surface area contributed by atoms with Crippen LogP contribution in [0.5, 0.6) is 0 Å². The lowest BCUT2D eigenvalue weighted by atomic mass is 9.94. The summed E-state index contributed by atoms with van der Waals surface area (Å²) in [5.74, 6) is -1.22. The minimum atomic E-state index is -1.00. The summed E-state index contributed by atoms with van der Waals surface area (Å²) in [5.41, 5.74) is 1.20. The average molecular weight is 301 g/mol. The first-order chi connectivity index (χ1) is 7.97. The van der Waals surface area contributed by atoms with E-state index in [4.69, 9.17) is 5.11 Å². The second-order valence-electron chi connectivity index (χ2n) is 3.66. The molecule has 0 saturated heterocycles. The number of benzene rings is 1. The van der Waals surface area contributed by atoms with Crippen LogP contribution < -0.4 is 0 Å². The zero-order valence-electron chi connectivity index (χ0n) is 9.31. The molecule has 17 heavy (non-hydrogen) atoms. The average Bonchev–Trinajstić information content (AvgIpc) is 2.26. The molecule has 5 heteroatoms. The lowest BCUT2D eigenvalue weighted by molar-refractivity contribution is -0.136. The van der Waals surface area contributed by atoms with Crippen LogP contribution in [0.25, 0.3) is 0 Å². The van der Waals surface area contributed by atoms with Crippen molar-refractivity contribution in [3.8, 4) is 0 Å². The van der Waals surface area contributed by atoms with E-state index in [2.05, 4.69) is 15.9 Å². The van der Waals surface area contributed by atoms with Crippen LogP contribution in [-0.4, -0.2) is 26.8 Å². The second-order valence-corrected chi connectivity index (χ2v) is 5.03. The predicted molar refractivity (Wildman–Crippen MR) is 66.4 cm³/mol. The van der Waals surface area contributed by atoms with Crippen molar-refractivity contribution in [3.05, 3.63) is 34.9 Å². The van der Waals surface area contributed by atoms with Crippen molar-refractivity contribution >= 4 is 27.7 Å². The summed E-state index contributed by atoms with van der Waals surface area (Å²) in [6.45, 7) is 1.38. The van der Waals surface area contributed by atoms with Crippen LogP contribution in [0.4, 0.5) is 0 Å². The van der Waals surface area contributed by atoms with Crippen molar-refractivity contribution in [2.45, 2.75) is 24.8 Å². The van der Waals surface area contributed by atoms with Crippen LogP contribution in [0.3, 0.4) is 0 Å². The molecule has 1 aromatic carbocycles. The molecule has 0 aromatic heterocycles. The summed E-state index contributed by atoms with van der Waals surface area (Å²) in [6.07, 6.45) is -0.228. The largest absolute Gasteiger partial charge is 0.481 e. The van der Waals surface area contributed by atoms with Crippen molar-refractivity contribution in [1.82, 2.24) is 0 Å². The maximum absolute atomic E-state index is 12.0. The molecule has 0 radical (unpaired) electrons. The van der Waals surface area contributed by atoms with Gasteiger partial charge in [-0.05, 0) is 18.1 Å². The highest BCUT2D eigenvalue weighted by Crippen LogP contribution is 2.20. The Labute approximate surface area is 107 Å². The molecule has 0 saturated carbocycles. The van der Waals surface area contributed by atoms with Gasteiger partial charge < -0.3 is 10.2 Å². The normalized spacial score (nSPS) is 12.2. The molecule has 0 bridgehead atoms. The van der Waals surface area contributed by atoms with Gasteiger partial charge in [0.15, 0.2) is 5.78 Å². The predicted octanol–water partition coefficient (Wildman–Crippen LogP) is 1.77. The third-order valence-electron chi connectivity index (χ3n) is 2.36. The summed E-state index contributed by atoms with van der Waals surface area (Å²) in [4.78, 5) is 22.3. The third-order valence-corrected chi connectivity index (χ3v) is 2.77. The Bertz CT molecular complexity index is 440. The molecule has 0 fully saturated rings. The molecule has 0 heterocycles. The van der Waals surface area contributed by atoms with Gasteiger partial charge in [0, 0.05) is 5.56 Å². The number of hydrogen-bond donors (Lipinski definition) is 2. The fourth-order valence-corrected chi connectivity index (χ4v) is 1.84. The van der Waals surface area contributed by atoms with Gasteiger partial charge in [-0.15, -0.1) is 0 Å². The van der Waals surface area contributed by atoms with Gasteiger partial charge in [-0.25, -0.2) is 0 Å². The summed E-state index contributed by atoms with van der Waals surface area (Å²) in [6, 6.07) is 4.85. The number of carbonyl (C=O) groups is 2. The van der Waals surface area contributed by atoms with Crippen molar-refractivity contribution in [3.63, 3.8) is 0 Å². The minimum Gasteiger partial charge on any atom is -0.481 e. The molecule has 0 aliphatic carbocycles. The van der Waals surface area contributed by atoms with Gasteiger partial charge in [0.25, 0.3) is 0 Å². The first kappa shape index (κ1) is 13.9. The van der Waals surface area contributed by atoms with Gasteiger partial charge >= 0.3 is 5.97 Å². The fraction of sp³-hybridized carbons (Fsp3) is 0.333. The van der Waals surface area contributed by atoms with Crippen LogP contribution in [0, 0.1) is 0 Å². The summed E-state index contributed by atoms with van der Waals surface area (Å²) >= 11 is 3.16. The van der Waals surface area contributed by atoms with Crippen LogP contribution in [-0.2, 0) is 17.8 Å². The second kappa shape index (κ2) is 5.93. The number of rotatable bonds is 5. The lowest BCUT2D eigenvalue weighted by Crippen LogP contribution is -2.17. The highest BCUT2D eigenvalue weighted by molar-refractivity contribution is 9.10. The first-order valence-corrected chi connectivity index (χ1v) is 6.00. The molecule has 1 unspecified atom stereocenters. The Balaban J connectivity index is 3.29. The Hall–Kier alpha value is -1.20. The Morgan fingerprint density at radius 3 is 2.41 bits per heavy atom. The molecule has 4 nitrogen and oxygen atoms in total. The number of Topliss-reactive ketones (excluding diaryl/α,β-unsaturated/α-hetero) is 1. The van der Waals surface area contributed by atoms with Crippen LogP contribution >= 0.6 is 15.9 Å². The van der Waals surface area contributed by atoms with Gasteiger partial charge in [0.05, 0.1) is 17.9 Å². The van der Waals surface area contributed by atoms with E-state index in [-0.39, 0.29) is 18.8 Å². The first-order valence-electron chi connectivity index (χ1n) is 5.09. The topological polar surface area (TPSA) is 74.6 Å². The van der Waals surface area contributed by atoms with Crippen molar-refractivity contribution < 1.29 is 19.8 Å². The number of carboxylic acids is 1. The van der Waals surface area contributed by atoms with Gasteiger partial charge in [0.2, 0.25) is 0 Å². The van der Waals surface area contributed by atoms with Gasteiger partial charge in [-0.3, -0.25) is 9.59 Å². The number of hydrogen-bond acceptors (Lipinski definition) is 3. The molecule has 1 atom stereocenters. The minimum absolute atomic E-state index is 0.217. The van der Waals surface area contributed by atoms with E-state index in [0.29, 0.717) is 16.7 Å². The van der Waals surface area contributed by atoms with E-state index in [1.54, 1.807) is 25.1 Å². The number of carboxylic acid groups (broad SMARTS) is 1. The molecule has 0 amide bonds. The van der Waals surface area contributed by atoms with Gasteiger partial charge in [-0.2, -0.15) is 0 Å².